The number of hydrogen-bond acceptors (Lipinski definition) is 5. The Balaban J connectivity index is 2.39. The zero-order valence-corrected chi connectivity index (χ0v) is 7.99. The van der Waals surface area contributed by atoms with Crippen LogP contribution in [0, 0.1) is 0 Å². The van der Waals surface area contributed by atoms with E-state index in [-0.39, 0.29) is 6.10 Å². The number of aromatic nitrogens is 2. The Morgan fingerprint density at radius 2 is 2.08 bits per heavy atom. The van der Waals surface area contributed by atoms with Gasteiger partial charge in [-0.05, 0) is 13.8 Å². The summed E-state index contributed by atoms with van der Waals surface area (Å²) in [5.41, 5.74) is 5.33. The molecule has 0 aliphatic rings. The van der Waals surface area contributed by atoms with E-state index in [4.69, 9.17) is 14.9 Å². The van der Waals surface area contributed by atoms with Crippen LogP contribution >= 0.6 is 0 Å². The van der Waals surface area contributed by atoms with E-state index in [0.29, 0.717) is 31.4 Å². The molecule has 0 saturated carbocycles. The zero-order chi connectivity index (χ0) is 9.68. The SMILES string of the molecule is CC(C)OCc1nnc(CCN)o1. The molecule has 0 fully saturated rings. The van der Waals surface area contributed by atoms with Gasteiger partial charge in [-0.15, -0.1) is 10.2 Å². The third-order valence-electron chi connectivity index (χ3n) is 1.41. The summed E-state index contributed by atoms with van der Waals surface area (Å²) in [7, 11) is 0. The van der Waals surface area contributed by atoms with Gasteiger partial charge in [0.05, 0.1) is 6.10 Å². The molecule has 0 aromatic carbocycles. The van der Waals surface area contributed by atoms with Gasteiger partial charge in [0.25, 0.3) is 0 Å². The van der Waals surface area contributed by atoms with Gasteiger partial charge in [0.2, 0.25) is 11.8 Å². The van der Waals surface area contributed by atoms with Gasteiger partial charge in [-0.3, -0.25) is 0 Å². The lowest BCUT2D eigenvalue weighted by molar-refractivity contribution is 0.0511. The lowest BCUT2D eigenvalue weighted by Gasteiger charge is -2.02. The molecule has 0 atom stereocenters. The molecule has 0 unspecified atom stereocenters. The summed E-state index contributed by atoms with van der Waals surface area (Å²) in [4.78, 5) is 0. The van der Waals surface area contributed by atoms with Gasteiger partial charge in [0.1, 0.15) is 6.61 Å². The topological polar surface area (TPSA) is 74.2 Å². The van der Waals surface area contributed by atoms with Crippen LogP contribution < -0.4 is 5.73 Å². The molecular weight excluding hydrogens is 170 g/mol. The minimum atomic E-state index is 0.171. The molecule has 0 saturated heterocycles. The second-order valence-electron chi connectivity index (χ2n) is 2.99. The fraction of sp³-hybridized carbons (Fsp3) is 0.750. The molecular formula is C8H15N3O2. The molecule has 1 aromatic heterocycles. The summed E-state index contributed by atoms with van der Waals surface area (Å²) < 4.78 is 10.5. The van der Waals surface area contributed by atoms with E-state index in [0.717, 1.165) is 0 Å². The normalized spacial score (nSPS) is 11.1. The number of nitrogens with zero attached hydrogens (tertiary/aromatic N) is 2. The van der Waals surface area contributed by atoms with Crippen LogP contribution in [0.3, 0.4) is 0 Å². The van der Waals surface area contributed by atoms with Crippen molar-refractivity contribution in [1.82, 2.24) is 10.2 Å². The largest absolute Gasteiger partial charge is 0.423 e. The number of rotatable bonds is 5. The average Bonchev–Trinajstić information content (AvgIpc) is 2.50. The van der Waals surface area contributed by atoms with Crippen LogP contribution in [-0.4, -0.2) is 22.8 Å². The van der Waals surface area contributed by atoms with Gasteiger partial charge >= 0.3 is 0 Å². The van der Waals surface area contributed by atoms with Gasteiger partial charge in [0.15, 0.2) is 0 Å². The van der Waals surface area contributed by atoms with E-state index in [9.17, 15) is 0 Å². The first kappa shape index (κ1) is 10.1. The van der Waals surface area contributed by atoms with Crippen molar-refractivity contribution in [1.29, 1.82) is 0 Å². The molecule has 74 valence electrons. The van der Waals surface area contributed by atoms with Crippen LogP contribution in [0.4, 0.5) is 0 Å². The first-order chi connectivity index (χ1) is 6.22. The smallest absolute Gasteiger partial charge is 0.242 e. The summed E-state index contributed by atoms with van der Waals surface area (Å²) >= 11 is 0. The summed E-state index contributed by atoms with van der Waals surface area (Å²) in [5.74, 6) is 1.09. The Morgan fingerprint density at radius 1 is 1.38 bits per heavy atom. The quantitative estimate of drug-likeness (QED) is 0.722. The first-order valence-electron chi connectivity index (χ1n) is 4.35. The monoisotopic (exact) mass is 185 g/mol. The van der Waals surface area contributed by atoms with Gasteiger partial charge < -0.3 is 14.9 Å². The fourth-order valence-electron chi connectivity index (χ4n) is 0.809. The van der Waals surface area contributed by atoms with Crippen LogP contribution in [-0.2, 0) is 17.8 Å². The summed E-state index contributed by atoms with van der Waals surface area (Å²) in [5, 5.41) is 7.62. The molecule has 2 N–H and O–H groups in total. The average molecular weight is 185 g/mol. The predicted molar refractivity (Wildman–Crippen MR) is 47.0 cm³/mol. The van der Waals surface area contributed by atoms with Crippen molar-refractivity contribution < 1.29 is 9.15 Å². The minimum Gasteiger partial charge on any atom is -0.423 e. The van der Waals surface area contributed by atoms with E-state index in [2.05, 4.69) is 10.2 Å². The van der Waals surface area contributed by atoms with Gasteiger partial charge in [-0.1, -0.05) is 0 Å². The Kier molecular flexibility index (Phi) is 3.85. The molecule has 0 amide bonds. The minimum absolute atomic E-state index is 0.171. The van der Waals surface area contributed by atoms with Crippen molar-refractivity contribution in [2.45, 2.75) is 33.0 Å². The van der Waals surface area contributed by atoms with E-state index in [1.54, 1.807) is 0 Å². The lowest BCUT2D eigenvalue weighted by atomic mass is 10.4. The Morgan fingerprint density at radius 3 is 2.69 bits per heavy atom. The van der Waals surface area contributed by atoms with Gasteiger partial charge in [-0.25, -0.2) is 0 Å². The molecule has 5 nitrogen and oxygen atoms in total. The maximum Gasteiger partial charge on any atom is 0.242 e. The second kappa shape index (κ2) is 4.94. The summed E-state index contributed by atoms with van der Waals surface area (Å²) in [6, 6.07) is 0. The molecule has 0 spiro atoms. The molecule has 0 aliphatic carbocycles. The molecule has 1 aromatic rings. The summed E-state index contributed by atoms with van der Waals surface area (Å²) in [6.07, 6.45) is 0.791. The number of hydrogen-bond donors (Lipinski definition) is 1. The summed E-state index contributed by atoms with van der Waals surface area (Å²) in [6.45, 7) is 4.80. The van der Waals surface area contributed by atoms with Crippen molar-refractivity contribution in [2.24, 2.45) is 5.73 Å². The Labute approximate surface area is 77.3 Å². The maximum absolute atomic E-state index is 5.33. The highest BCUT2D eigenvalue weighted by Crippen LogP contribution is 2.03. The van der Waals surface area contributed by atoms with Crippen molar-refractivity contribution >= 4 is 0 Å². The molecule has 13 heavy (non-hydrogen) atoms. The van der Waals surface area contributed by atoms with Crippen molar-refractivity contribution in [3.63, 3.8) is 0 Å². The van der Waals surface area contributed by atoms with Gasteiger partial charge in [-0.2, -0.15) is 0 Å². The van der Waals surface area contributed by atoms with Crippen molar-refractivity contribution in [3.05, 3.63) is 11.8 Å². The third-order valence-corrected chi connectivity index (χ3v) is 1.41. The van der Waals surface area contributed by atoms with Crippen LogP contribution in [0.25, 0.3) is 0 Å². The van der Waals surface area contributed by atoms with Crippen LogP contribution in [0.15, 0.2) is 4.42 Å². The molecule has 0 aliphatic heterocycles. The number of ether oxygens (including phenoxy) is 1. The van der Waals surface area contributed by atoms with Gasteiger partial charge in [0, 0.05) is 13.0 Å². The maximum atomic E-state index is 5.33. The second-order valence-corrected chi connectivity index (χ2v) is 2.99. The fourth-order valence-corrected chi connectivity index (χ4v) is 0.809. The van der Waals surface area contributed by atoms with Crippen molar-refractivity contribution in [2.75, 3.05) is 6.54 Å². The van der Waals surface area contributed by atoms with E-state index in [1.807, 2.05) is 13.8 Å². The van der Waals surface area contributed by atoms with E-state index < -0.39 is 0 Å². The highest BCUT2D eigenvalue weighted by Gasteiger charge is 2.05. The van der Waals surface area contributed by atoms with E-state index in [1.165, 1.54) is 0 Å². The highest BCUT2D eigenvalue weighted by molar-refractivity contribution is 4.80. The van der Waals surface area contributed by atoms with Crippen LogP contribution in [0.2, 0.25) is 0 Å². The molecule has 0 bridgehead atoms. The molecule has 5 heteroatoms. The molecule has 1 heterocycles. The van der Waals surface area contributed by atoms with E-state index >= 15 is 0 Å². The molecule has 1 rings (SSSR count). The number of nitrogens with two attached hydrogens (primary N) is 1. The Bertz CT molecular complexity index is 247. The third kappa shape index (κ3) is 3.52. The predicted octanol–water partition coefficient (Wildman–Crippen LogP) is 0.496. The standard InChI is InChI=1S/C8H15N3O2/c1-6(2)12-5-8-11-10-7(13-8)3-4-9/h6H,3-5,9H2,1-2H3. The first-order valence-corrected chi connectivity index (χ1v) is 4.35. The lowest BCUT2D eigenvalue weighted by Crippen LogP contribution is -2.02. The van der Waals surface area contributed by atoms with Crippen molar-refractivity contribution in [3.8, 4) is 0 Å². The van der Waals surface area contributed by atoms with Crippen LogP contribution in [0.5, 0.6) is 0 Å². The highest BCUT2D eigenvalue weighted by atomic mass is 16.5. The molecule has 0 radical (unpaired) electrons. The Hall–Kier alpha value is -0.940. The zero-order valence-electron chi connectivity index (χ0n) is 7.99. The van der Waals surface area contributed by atoms with Crippen LogP contribution in [0.1, 0.15) is 25.6 Å².